The zero-order chi connectivity index (χ0) is 19.6. The number of amides is 2. The molecule has 27 heavy (non-hydrogen) atoms. The zero-order valence-electron chi connectivity index (χ0n) is 16.0. The van der Waals surface area contributed by atoms with Crippen molar-refractivity contribution in [3.8, 4) is 0 Å². The number of rotatable bonds is 6. The molecule has 3 rings (SSSR count). The van der Waals surface area contributed by atoms with E-state index in [1.807, 2.05) is 56.3 Å². The number of hydrogen-bond acceptors (Lipinski definition) is 3. The van der Waals surface area contributed by atoms with Gasteiger partial charge in [-0.25, -0.2) is 0 Å². The van der Waals surface area contributed by atoms with Crippen molar-refractivity contribution >= 4 is 23.1 Å². The van der Waals surface area contributed by atoms with Gasteiger partial charge in [-0.05, 0) is 54.7 Å². The van der Waals surface area contributed by atoms with E-state index in [2.05, 4.69) is 18.8 Å². The molecule has 0 saturated carbocycles. The average Bonchev–Trinajstić information content (AvgIpc) is 2.89. The molecule has 0 fully saturated rings. The molecule has 0 aromatic heterocycles. The minimum Gasteiger partial charge on any atom is -0.350 e. The first kappa shape index (κ1) is 18.6. The van der Waals surface area contributed by atoms with Crippen molar-refractivity contribution in [1.29, 1.82) is 0 Å². The van der Waals surface area contributed by atoms with Gasteiger partial charge in [0.2, 0.25) is 0 Å². The van der Waals surface area contributed by atoms with Gasteiger partial charge in [0, 0.05) is 12.2 Å². The van der Waals surface area contributed by atoms with Crippen LogP contribution in [0.5, 0.6) is 0 Å². The minimum atomic E-state index is -0.326. The number of carbonyl (C=O) groups excluding carboxylic acids is 2. The fourth-order valence-corrected chi connectivity index (χ4v) is 3.12. The lowest BCUT2D eigenvalue weighted by Crippen LogP contribution is -2.32. The summed E-state index contributed by atoms with van der Waals surface area (Å²) >= 11 is 0. The van der Waals surface area contributed by atoms with Crippen LogP contribution in [0.15, 0.2) is 60.8 Å². The number of nitrogens with one attached hydrogen (secondary N) is 1. The number of hydrogen-bond donors (Lipinski definition) is 1. The molecule has 4 nitrogen and oxygen atoms in total. The van der Waals surface area contributed by atoms with Gasteiger partial charge in [0.25, 0.3) is 11.8 Å². The molecule has 1 N–H and O–H groups in total. The summed E-state index contributed by atoms with van der Waals surface area (Å²) in [5.74, 6) is -0.622. The molecule has 0 unspecified atom stereocenters. The van der Waals surface area contributed by atoms with E-state index in [4.69, 9.17) is 0 Å². The first-order chi connectivity index (χ1) is 13.0. The van der Waals surface area contributed by atoms with Gasteiger partial charge in [-0.3, -0.25) is 14.5 Å². The molecule has 2 amide bonds. The maximum atomic E-state index is 13.0. The van der Waals surface area contributed by atoms with Crippen molar-refractivity contribution < 1.29 is 9.59 Å². The molecule has 138 valence electrons. The third-order valence-electron chi connectivity index (χ3n) is 4.91. The first-order valence-corrected chi connectivity index (χ1v) is 9.11. The van der Waals surface area contributed by atoms with Crippen LogP contribution < -0.4 is 5.32 Å². The largest absolute Gasteiger partial charge is 0.350 e. The normalized spacial score (nSPS) is 14.1. The SMILES string of the molecule is C=CCN1C(=O)C(Nc2ccc(CC)cc2)=C(c2ccc(C)c(C)c2)C1=O. The molecule has 1 aliphatic heterocycles. The van der Waals surface area contributed by atoms with Crippen LogP contribution >= 0.6 is 0 Å². The Morgan fingerprint density at radius 1 is 1.00 bits per heavy atom. The highest BCUT2D eigenvalue weighted by Gasteiger charge is 2.38. The van der Waals surface area contributed by atoms with Crippen LogP contribution in [0.1, 0.15) is 29.2 Å². The fraction of sp³-hybridized carbons (Fsp3) is 0.217. The van der Waals surface area contributed by atoms with Gasteiger partial charge < -0.3 is 5.32 Å². The summed E-state index contributed by atoms with van der Waals surface area (Å²) in [4.78, 5) is 27.1. The second kappa shape index (κ2) is 7.62. The van der Waals surface area contributed by atoms with Crippen molar-refractivity contribution in [3.63, 3.8) is 0 Å². The zero-order valence-corrected chi connectivity index (χ0v) is 16.0. The Morgan fingerprint density at radius 3 is 2.30 bits per heavy atom. The lowest BCUT2D eigenvalue weighted by molar-refractivity contribution is -0.136. The highest BCUT2D eigenvalue weighted by Crippen LogP contribution is 2.31. The number of benzene rings is 2. The highest BCUT2D eigenvalue weighted by molar-refractivity contribution is 6.36. The van der Waals surface area contributed by atoms with Crippen LogP contribution in [0.4, 0.5) is 5.69 Å². The molecule has 1 aliphatic rings. The molecule has 2 aromatic carbocycles. The molecule has 0 atom stereocenters. The number of nitrogens with zero attached hydrogens (tertiary/aromatic N) is 1. The monoisotopic (exact) mass is 360 g/mol. The van der Waals surface area contributed by atoms with Crippen molar-refractivity contribution in [2.24, 2.45) is 0 Å². The molecule has 0 saturated heterocycles. The summed E-state index contributed by atoms with van der Waals surface area (Å²) in [6.45, 7) is 9.96. The van der Waals surface area contributed by atoms with Gasteiger partial charge in [0.1, 0.15) is 5.70 Å². The molecular formula is C23H24N2O2. The van der Waals surface area contributed by atoms with E-state index >= 15 is 0 Å². The summed E-state index contributed by atoms with van der Waals surface area (Å²) in [6.07, 6.45) is 2.51. The summed E-state index contributed by atoms with van der Waals surface area (Å²) in [7, 11) is 0. The molecule has 2 aromatic rings. The van der Waals surface area contributed by atoms with E-state index in [1.165, 1.54) is 10.5 Å². The summed E-state index contributed by atoms with van der Waals surface area (Å²) in [5, 5.41) is 3.18. The number of aryl methyl sites for hydroxylation is 3. The van der Waals surface area contributed by atoms with E-state index < -0.39 is 0 Å². The summed E-state index contributed by atoms with van der Waals surface area (Å²) in [6, 6.07) is 13.7. The summed E-state index contributed by atoms with van der Waals surface area (Å²) in [5.41, 5.74) is 5.68. The number of anilines is 1. The van der Waals surface area contributed by atoms with Gasteiger partial charge in [-0.2, -0.15) is 0 Å². The minimum absolute atomic E-state index is 0.186. The molecular weight excluding hydrogens is 336 g/mol. The Morgan fingerprint density at radius 2 is 1.70 bits per heavy atom. The third kappa shape index (κ3) is 3.56. The lowest BCUT2D eigenvalue weighted by atomic mass is 9.99. The van der Waals surface area contributed by atoms with Crippen LogP contribution in [0.25, 0.3) is 5.57 Å². The summed E-state index contributed by atoms with van der Waals surface area (Å²) < 4.78 is 0. The number of imide groups is 1. The maximum Gasteiger partial charge on any atom is 0.278 e. The van der Waals surface area contributed by atoms with Crippen LogP contribution in [0.2, 0.25) is 0 Å². The van der Waals surface area contributed by atoms with E-state index in [0.717, 1.165) is 28.8 Å². The predicted octanol–water partition coefficient (Wildman–Crippen LogP) is 4.24. The Hall–Kier alpha value is -3.14. The number of carbonyl (C=O) groups is 2. The highest BCUT2D eigenvalue weighted by atomic mass is 16.2. The maximum absolute atomic E-state index is 13.0. The quantitative estimate of drug-likeness (QED) is 0.619. The van der Waals surface area contributed by atoms with Crippen molar-refractivity contribution in [2.75, 3.05) is 11.9 Å². The van der Waals surface area contributed by atoms with Gasteiger partial charge in [0.15, 0.2) is 0 Å². The Balaban J connectivity index is 2.07. The van der Waals surface area contributed by atoms with Crippen molar-refractivity contribution in [3.05, 3.63) is 83.1 Å². The smallest absolute Gasteiger partial charge is 0.278 e. The molecule has 0 aliphatic carbocycles. The second-order valence-corrected chi connectivity index (χ2v) is 6.73. The molecule has 1 heterocycles. The van der Waals surface area contributed by atoms with Gasteiger partial charge in [0.05, 0.1) is 5.57 Å². The van der Waals surface area contributed by atoms with E-state index in [-0.39, 0.29) is 18.4 Å². The van der Waals surface area contributed by atoms with Crippen LogP contribution in [-0.2, 0) is 16.0 Å². The van der Waals surface area contributed by atoms with Crippen LogP contribution in [0, 0.1) is 13.8 Å². The standard InChI is InChI=1S/C23H24N2O2/c1-5-13-25-22(26)20(18-10-7-15(3)16(4)14-18)21(23(25)27)24-19-11-8-17(6-2)9-12-19/h5,7-12,14,24H,1,6,13H2,2-4H3. The van der Waals surface area contributed by atoms with Gasteiger partial charge in [-0.1, -0.05) is 43.3 Å². The molecule has 0 spiro atoms. The van der Waals surface area contributed by atoms with Crippen molar-refractivity contribution in [1.82, 2.24) is 4.90 Å². The Bertz CT molecular complexity index is 939. The van der Waals surface area contributed by atoms with E-state index in [9.17, 15) is 9.59 Å². The Kier molecular flexibility index (Phi) is 5.26. The lowest BCUT2D eigenvalue weighted by Gasteiger charge is -2.12. The van der Waals surface area contributed by atoms with Crippen LogP contribution in [-0.4, -0.2) is 23.3 Å². The van der Waals surface area contributed by atoms with Gasteiger partial charge >= 0.3 is 0 Å². The first-order valence-electron chi connectivity index (χ1n) is 9.11. The second-order valence-electron chi connectivity index (χ2n) is 6.73. The third-order valence-corrected chi connectivity index (χ3v) is 4.91. The van der Waals surface area contributed by atoms with E-state index in [0.29, 0.717) is 11.3 Å². The molecule has 0 radical (unpaired) electrons. The van der Waals surface area contributed by atoms with E-state index in [1.54, 1.807) is 6.08 Å². The predicted molar refractivity (Wildman–Crippen MR) is 109 cm³/mol. The van der Waals surface area contributed by atoms with Crippen LogP contribution in [0.3, 0.4) is 0 Å². The Labute approximate surface area is 160 Å². The average molecular weight is 360 g/mol. The van der Waals surface area contributed by atoms with Crippen molar-refractivity contribution in [2.45, 2.75) is 27.2 Å². The topological polar surface area (TPSA) is 49.4 Å². The van der Waals surface area contributed by atoms with Gasteiger partial charge in [-0.15, -0.1) is 6.58 Å². The molecule has 0 bridgehead atoms. The fourth-order valence-electron chi connectivity index (χ4n) is 3.12. The molecule has 4 heteroatoms.